The lowest BCUT2D eigenvalue weighted by molar-refractivity contribution is -0.172. The maximum absolute atomic E-state index is 13.7. The summed E-state index contributed by atoms with van der Waals surface area (Å²) in [5.74, 6) is -2.65. The first-order chi connectivity index (χ1) is 22.9. The third kappa shape index (κ3) is 9.32. The fraction of sp³-hybridized carbons (Fsp3) is 0.515. The fourth-order valence-electron chi connectivity index (χ4n) is 5.22. The minimum Gasteiger partial charge on any atom is -0.399 e. The first-order valence-electron chi connectivity index (χ1n) is 16.1. The predicted octanol–water partition coefficient (Wildman–Crippen LogP) is 1.08. The number of nitrogens with one attached hydrogen (secondary N) is 1. The summed E-state index contributed by atoms with van der Waals surface area (Å²) in [7, 11) is -3.35. The van der Waals surface area contributed by atoms with Gasteiger partial charge in [0.05, 0.1) is 34.4 Å². The highest BCUT2D eigenvalue weighted by atomic mass is 32.2. The van der Waals surface area contributed by atoms with Gasteiger partial charge in [-0.2, -0.15) is 4.72 Å². The van der Waals surface area contributed by atoms with Gasteiger partial charge < -0.3 is 29.3 Å². The van der Waals surface area contributed by atoms with Gasteiger partial charge in [0.15, 0.2) is 0 Å². The summed E-state index contributed by atoms with van der Waals surface area (Å²) in [5, 5.41) is 19.1. The van der Waals surface area contributed by atoms with Crippen LogP contribution in [0.15, 0.2) is 53.4 Å². The second kappa shape index (κ2) is 15.5. The average molecular weight is 702 g/mol. The van der Waals surface area contributed by atoms with Crippen LogP contribution in [-0.4, -0.2) is 103 Å². The number of benzene rings is 2. The Balaban J connectivity index is 1.49. The van der Waals surface area contributed by atoms with E-state index in [1.54, 1.807) is 19.2 Å². The van der Waals surface area contributed by atoms with Crippen LogP contribution in [0, 0.1) is 0 Å². The van der Waals surface area contributed by atoms with Crippen molar-refractivity contribution in [1.29, 1.82) is 0 Å². The minimum atomic E-state index is -4.21. The molecule has 0 bridgehead atoms. The Morgan fingerprint density at radius 1 is 0.980 bits per heavy atom. The summed E-state index contributed by atoms with van der Waals surface area (Å²) in [5.41, 5.74) is 0.0400. The number of imide groups is 1. The molecule has 2 aliphatic heterocycles. The van der Waals surface area contributed by atoms with Crippen molar-refractivity contribution in [3.8, 4) is 0 Å². The molecule has 2 aromatic rings. The molecule has 3 N–H and O–H groups in total. The largest absolute Gasteiger partial charge is 0.494 e. The highest BCUT2D eigenvalue weighted by Crippen LogP contribution is 2.36. The van der Waals surface area contributed by atoms with Gasteiger partial charge in [0.1, 0.15) is 6.04 Å². The molecule has 3 amide bonds. The van der Waals surface area contributed by atoms with Crippen LogP contribution in [0.2, 0.25) is 0 Å². The molecule has 266 valence electrons. The summed E-state index contributed by atoms with van der Waals surface area (Å²) < 4.78 is 41.9. The number of likely N-dealkylation sites (N-methyl/N-ethyl adjacent to an activating group) is 1. The van der Waals surface area contributed by atoms with Gasteiger partial charge in [-0.1, -0.05) is 24.3 Å². The molecule has 2 atom stereocenters. The van der Waals surface area contributed by atoms with Crippen LogP contribution in [0.5, 0.6) is 0 Å². The van der Waals surface area contributed by atoms with Crippen molar-refractivity contribution < 1.29 is 52.0 Å². The summed E-state index contributed by atoms with van der Waals surface area (Å²) in [6.07, 6.45) is 0.392. The number of carbonyl (C=O) groups is 4. The number of rotatable bonds is 15. The summed E-state index contributed by atoms with van der Waals surface area (Å²) in [4.78, 5) is 56.1. The molecule has 16 heteroatoms. The van der Waals surface area contributed by atoms with Gasteiger partial charge in [-0.3, -0.25) is 14.4 Å². The molecule has 4 rings (SSSR count). The Kier molecular flexibility index (Phi) is 12.1. The molecule has 0 radical (unpaired) electrons. The van der Waals surface area contributed by atoms with Gasteiger partial charge in [-0.25, -0.2) is 13.2 Å². The lowest BCUT2D eigenvalue weighted by atomic mass is 9.79. The zero-order valence-corrected chi connectivity index (χ0v) is 29.2. The number of nitrogens with zero attached hydrogens (tertiary/aromatic N) is 2. The molecule has 2 heterocycles. The van der Waals surface area contributed by atoms with E-state index in [-0.39, 0.29) is 42.9 Å². The zero-order chi connectivity index (χ0) is 36.1. The maximum atomic E-state index is 13.7. The van der Waals surface area contributed by atoms with Crippen LogP contribution in [-0.2, 0) is 45.0 Å². The van der Waals surface area contributed by atoms with Crippen LogP contribution in [0.4, 0.5) is 0 Å². The van der Waals surface area contributed by atoms with Crippen LogP contribution in [0.25, 0.3) is 0 Å². The number of sulfonamides is 1. The molecule has 2 unspecified atom stereocenters. The van der Waals surface area contributed by atoms with E-state index in [0.29, 0.717) is 35.4 Å². The van der Waals surface area contributed by atoms with E-state index in [1.165, 1.54) is 41.3 Å². The monoisotopic (exact) mass is 701 g/mol. The molecule has 2 aliphatic rings. The molecule has 2 saturated heterocycles. The van der Waals surface area contributed by atoms with Gasteiger partial charge >= 0.3 is 13.1 Å². The molecule has 2 fully saturated rings. The summed E-state index contributed by atoms with van der Waals surface area (Å²) >= 11 is 0. The van der Waals surface area contributed by atoms with Crippen LogP contribution in [0.1, 0.15) is 75.7 Å². The standard InChI is InChI=1S/C33H44BN3O11S/c1-32(2)33(3,4)48-34(47-32)24-13-15-26(16-14-24)49(44,45)35-27(30(42)36(5)19-7-6-8-25(39)21-38)20-22-9-11-23(12-10-22)31(43)46-37-28(40)17-18-29(37)41/h9-16,25,27,35,38-39H,6-8,17-21H2,1-5H3. The van der Waals surface area contributed by atoms with Crippen LogP contribution in [0.3, 0.4) is 0 Å². The van der Waals surface area contributed by atoms with Crippen molar-refractivity contribution in [3.05, 3.63) is 59.7 Å². The fourth-order valence-corrected chi connectivity index (χ4v) is 6.41. The lowest BCUT2D eigenvalue weighted by Gasteiger charge is -2.32. The third-order valence-electron chi connectivity index (χ3n) is 8.99. The van der Waals surface area contributed by atoms with Gasteiger partial charge in [-0.15, -0.1) is 5.06 Å². The first kappa shape index (κ1) is 38.1. The predicted molar refractivity (Wildman–Crippen MR) is 177 cm³/mol. The Bertz CT molecular complexity index is 1600. The van der Waals surface area contributed by atoms with Crippen molar-refractivity contribution in [2.45, 2.75) is 94.5 Å². The number of hydrogen-bond acceptors (Lipinski definition) is 11. The molecule has 0 saturated carbocycles. The highest BCUT2D eigenvalue weighted by Gasteiger charge is 2.51. The number of unbranched alkanes of at least 4 members (excludes halogenated alkanes) is 1. The molecular weight excluding hydrogens is 657 g/mol. The van der Waals surface area contributed by atoms with E-state index in [9.17, 15) is 32.7 Å². The Morgan fingerprint density at radius 2 is 1.55 bits per heavy atom. The second-order valence-corrected chi connectivity index (χ2v) is 15.0. The molecule has 0 spiro atoms. The lowest BCUT2D eigenvalue weighted by Crippen LogP contribution is -2.48. The van der Waals surface area contributed by atoms with E-state index >= 15 is 0 Å². The van der Waals surface area contributed by atoms with Gasteiger partial charge in [0.2, 0.25) is 15.9 Å². The van der Waals surface area contributed by atoms with E-state index < -0.39 is 64.2 Å². The number of aliphatic hydroxyl groups is 2. The van der Waals surface area contributed by atoms with E-state index in [4.69, 9.17) is 19.3 Å². The Hall–Kier alpha value is -3.67. The number of aliphatic hydroxyl groups excluding tert-OH is 2. The number of hydroxylamine groups is 2. The highest BCUT2D eigenvalue weighted by molar-refractivity contribution is 7.89. The van der Waals surface area contributed by atoms with Crippen molar-refractivity contribution >= 4 is 46.3 Å². The first-order valence-corrected chi connectivity index (χ1v) is 17.6. The Labute approximate surface area is 286 Å². The smallest absolute Gasteiger partial charge is 0.399 e. The van der Waals surface area contributed by atoms with Crippen molar-refractivity contribution in [2.75, 3.05) is 20.2 Å². The molecule has 49 heavy (non-hydrogen) atoms. The molecular formula is C33H44BN3O11S. The topological polar surface area (TPSA) is 189 Å². The number of amides is 3. The zero-order valence-electron chi connectivity index (χ0n) is 28.4. The van der Waals surface area contributed by atoms with E-state index in [2.05, 4.69) is 4.72 Å². The molecule has 14 nitrogen and oxygen atoms in total. The minimum absolute atomic E-state index is 0.0420. The van der Waals surface area contributed by atoms with Crippen molar-refractivity contribution in [2.24, 2.45) is 0 Å². The quantitative estimate of drug-likeness (QED) is 0.137. The number of hydrogen-bond donors (Lipinski definition) is 3. The number of carbonyl (C=O) groups excluding carboxylic acids is 4. The van der Waals surface area contributed by atoms with Gasteiger partial charge in [0, 0.05) is 26.4 Å². The van der Waals surface area contributed by atoms with Gasteiger partial charge in [0.25, 0.3) is 11.8 Å². The SMILES string of the molecule is CN(CCCCC(O)CO)C(=O)C(Cc1ccc(C(=O)ON2C(=O)CCC2=O)cc1)NS(=O)(=O)c1ccc(B2OC(C)(C)C(C)(C)O2)cc1. The second-order valence-electron chi connectivity index (χ2n) is 13.3. The van der Waals surface area contributed by atoms with E-state index in [1.807, 2.05) is 27.7 Å². The molecule has 2 aromatic carbocycles. The van der Waals surface area contributed by atoms with Crippen molar-refractivity contribution in [3.63, 3.8) is 0 Å². The van der Waals surface area contributed by atoms with Gasteiger partial charge in [-0.05, 0) is 88.7 Å². The molecule has 0 aliphatic carbocycles. The maximum Gasteiger partial charge on any atom is 0.494 e. The van der Waals surface area contributed by atoms with Crippen LogP contribution < -0.4 is 10.2 Å². The summed E-state index contributed by atoms with van der Waals surface area (Å²) in [6, 6.07) is 10.6. The summed E-state index contributed by atoms with van der Waals surface area (Å²) in [6.45, 7) is 7.58. The van der Waals surface area contributed by atoms with E-state index in [0.717, 1.165) is 0 Å². The average Bonchev–Trinajstić information content (AvgIpc) is 3.49. The molecule has 0 aromatic heterocycles. The Morgan fingerprint density at radius 3 is 2.10 bits per heavy atom. The third-order valence-corrected chi connectivity index (χ3v) is 10.5. The van der Waals surface area contributed by atoms with Crippen molar-refractivity contribution in [1.82, 2.24) is 14.7 Å². The normalized spacial score (nSPS) is 18.4. The van der Waals surface area contributed by atoms with Crippen LogP contribution >= 0.6 is 0 Å².